The van der Waals surface area contributed by atoms with E-state index < -0.39 is 0 Å². The summed E-state index contributed by atoms with van der Waals surface area (Å²) in [4.78, 5) is 11.8. The van der Waals surface area contributed by atoms with Crippen molar-refractivity contribution in [1.29, 1.82) is 0 Å². The molecule has 0 saturated heterocycles. The third kappa shape index (κ3) is 4.47. The molecule has 4 nitrogen and oxygen atoms in total. The largest absolute Gasteiger partial charge is 0.494 e. The van der Waals surface area contributed by atoms with E-state index in [4.69, 9.17) is 4.74 Å². The minimum absolute atomic E-state index is 0.115. The normalized spacial score (nSPS) is 15.8. The van der Waals surface area contributed by atoms with Crippen LogP contribution < -0.4 is 15.4 Å². The minimum Gasteiger partial charge on any atom is -0.494 e. The molecule has 1 fully saturated rings. The van der Waals surface area contributed by atoms with Crippen LogP contribution in [0.3, 0.4) is 0 Å². The summed E-state index contributed by atoms with van der Waals surface area (Å²) in [6.07, 6.45) is 5.91. The maximum absolute atomic E-state index is 11.8. The van der Waals surface area contributed by atoms with Crippen molar-refractivity contribution in [3.8, 4) is 5.75 Å². The maximum atomic E-state index is 11.8. The van der Waals surface area contributed by atoms with Gasteiger partial charge in [-0.1, -0.05) is 19.3 Å². The van der Waals surface area contributed by atoms with Gasteiger partial charge >= 0.3 is 6.03 Å². The zero-order valence-electron chi connectivity index (χ0n) is 11.4. The number of benzene rings is 1. The van der Waals surface area contributed by atoms with E-state index in [0.29, 0.717) is 12.6 Å². The summed E-state index contributed by atoms with van der Waals surface area (Å²) in [5.74, 6) is 0.820. The van der Waals surface area contributed by atoms with Crippen LogP contribution in [0.2, 0.25) is 0 Å². The molecule has 1 aromatic carbocycles. The summed E-state index contributed by atoms with van der Waals surface area (Å²) in [5.41, 5.74) is 0.789. The van der Waals surface area contributed by atoms with Gasteiger partial charge in [0.05, 0.1) is 6.61 Å². The molecule has 0 unspecified atom stereocenters. The maximum Gasteiger partial charge on any atom is 0.319 e. The van der Waals surface area contributed by atoms with Crippen LogP contribution in [0, 0.1) is 0 Å². The molecule has 19 heavy (non-hydrogen) atoms. The van der Waals surface area contributed by atoms with Gasteiger partial charge in [0.2, 0.25) is 0 Å². The van der Waals surface area contributed by atoms with Gasteiger partial charge in [-0.05, 0) is 44.0 Å². The van der Waals surface area contributed by atoms with Crippen LogP contribution >= 0.6 is 0 Å². The number of carbonyl (C=O) groups is 1. The molecule has 0 spiro atoms. The van der Waals surface area contributed by atoms with Crippen molar-refractivity contribution in [2.75, 3.05) is 11.9 Å². The Morgan fingerprint density at radius 3 is 2.53 bits per heavy atom. The first-order valence-corrected chi connectivity index (χ1v) is 7.08. The highest BCUT2D eigenvalue weighted by atomic mass is 16.5. The van der Waals surface area contributed by atoms with E-state index in [1.165, 1.54) is 19.3 Å². The molecule has 4 heteroatoms. The second-order valence-electron chi connectivity index (χ2n) is 4.89. The van der Waals surface area contributed by atoms with Crippen LogP contribution in [0.25, 0.3) is 0 Å². The molecule has 2 amide bonds. The van der Waals surface area contributed by atoms with Crippen LogP contribution in [0.15, 0.2) is 24.3 Å². The number of carbonyl (C=O) groups excluding carboxylic acids is 1. The van der Waals surface area contributed by atoms with E-state index in [1.54, 1.807) is 0 Å². The fourth-order valence-corrected chi connectivity index (χ4v) is 2.40. The quantitative estimate of drug-likeness (QED) is 0.872. The van der Waals surface area contributed by atoms with Crippen molar-refractivity contribution in [1.82, 2.24) is 5.32 Å². The summed E-state index contributed by atoms with van der Waals surface area (Å²) in [5, 5.41) is 5.88. The van der Waals surface area contributed by atoms with Crippen LogP contribution in [0.4, 0.5) is 10.5 Å². The van der Waals surface area contributed by atoms with Crippen molar-refractivity contribution in [3.05, 3.63) is 24.3 Å². The number of urea groups is 1. The number of ether oxygens (including phenoxy) is 1. The molecule has 1 aromatic rings. The minimum atomic E-state index is -0.115. The lowest BCUT2D eigenvalue weighted by atomic mass is 9.96. The summed E-state index contributed by atoms with van der Waals surface area (Å²) in [6, 6.07) is 7.64. The molecule has 0 atom stereocenters. The highest BCUT2D eigenvalue weighted by molar-refractivity contribution is 5.89. The fraction of sp³-hybridized carbons (Fsp3) is 0.533. The molecule has 0 radical (unpaired) electrons. The lowest BCUT2D eigenvalue weighted by Crippen LogP contribution is -2.38. The molecular formula is C15H22N2O2. The van der Waals surface area contributed by atoms with Gasteiger partial charge in [-0.15, -0.1) is 0 Å². The Kier molecular flexibility index (Phi) is 5.07. The molecule has 2 N–H and O–H groups in total. The smallest absolute Gasteiger partial charge is 0.319 e. The highest BCUT2D eigenvalue weighted by Gasteiger charge is 2.15. The van der Waals surface area contributed by atoms with Gasteiger partial charge in [-0.2, -0.15) is 0 Å². The van der Waals surface area contributed by atoms with Crippen LogP contribution in [0.1, 0.15) is 39.0 Å². The molecule has 0 bridgehead atoms. The first kappa shape index (κ1) is 13.7. The Balaban J connectivity index is 1.80. The van der Waals surface area contributed by atoms with E-state index in [9.17, 15) is 4.79 Å². The van der Waals surface area contributed by atoms with Crippen LogP contribution in [0.5, 0.6) is 5.75 Å². The second-order valence-corrected chi connectivity index (χ2v) is 4.89. The Morgan fingerprint density at radius 2 is 1.89 bits per heavy atom. The number of hydrogen-bond acceptors (Lipinski definition) is 2. The first-order valence-electron chi connectivity index (χ1n) is 7.08. The Morgan fingerprint density at radius 1 is 1.21 bits per heavy atom. The average Bonchev–Trinajstić information content (AvgIpc) is 2.42. The van der Waals surface area contributed by atoms with E-state index in [-0.39, 0.29) is 6.03 Å². The third-order valence-corrected chi connectivity index (χ3v) is 3.36. The zero-order valence-corrected chi connectivity index (χ0v) is 11.4. The van der Waals surface area contributed by atoms with Gasteiger partial charge in [0.15, 0.2) is 0 Å². The average molecular weight is 262 g/mol. The van der Waals surface area contributed by atoms with Gasteiger partial charge in [-0.25, -0.2) is 4.79 Å². The molecular weight excluding hydrogens is 240 g/mol. The number of amides is 2. The van der Waals surface area contributed by atoms with Crippen molar-refractivity contribution in [2.45, 2.75) is 45.1 Å². The predicted molar refractivity (Wildman–Crippen MR) is 76.6 cm³/mol. The molecule has 1 aliphatic rings. The van der Waals surface area contributed by atoms with Gasteiger partial charge in [0, 0.05) is 11.7 Å². The summed E-state index contributed by atoms with van der Waals surface area (Å²) in [6.45, 7) is 2.60. The van der Waals surface area contributed by atoms with Crippen molar-refractivity contribution in [2.24, 2.45) is 0 Å². The molecule has 1 aliphatic carbocycles. The van der Waals surface area contributed by atoms with E-state index in [1.807, 2.05) is 31.2 Å². The lowest BCUT2D eigenvalue weighted by molar-refractivity contribution is 0.244. The van der Waals surface area contributed by atoms with E-state index in [2.05, 4.69) is 10.6 Å². The van der Waals surface area contributed by atoms with Crippen LogP contribution in [-0.4, -0.2) is 18.7 Å². The second kappa shape index (κ2) is 7.02. The fourth-order valence-electron chi connectivity index (χ4n) is 2.40. The Bertz CT molecular complexity index is 397. The standard InChI is InChI=1S/C15H22N2O2/c1-2-19-14-10-8-13(9-11-14)17-15(18)16-12-6-4-3-5-7-12/h8-12H,2-7H2,1H3,(H2,16,17,18). The Hall–Kier alpha value is -1.71. The van der Waals surface area contributed by atoms with Gasteiger partial charge in [0.25, 0.3) is 0 Å². The molecule has 2 rings (SSSR count). The monoisotopic (exact) mass is 262 g/mol. The lowest BCUT2D eigenvalue weighted by Gasteiger charge is -2.22. The van der Waals surface area contributed by atoms with E-state index >= 15 is 0 Å². The predicted octanol–water partition coefficient (Wildman–Crippen LogP) is 3.54. The van der Waals surface area contributed by atoms with Gasteiger partial charge in [-0.3, -0.25) is 0 Å². The van der Waals surface area contributed by atoms with E-state index in [0.717, 1.165) is 24.3 Å². The third-order valence-electron chi connectivity index (χ3n) is 3.36. The first-order chi connectivity index (χ1) is 9.28. The molecule has 0 aromatic heterocycles. The molecule has 1 saturated carbocycles. The number of anilines is 1. The van der Waals surface area contributed by atoms with Crippen molar-refractivity contribution >= 4 is 11.7 Å². The summed E-state index contributed by atoms with van der Waals surface area (Å²) < 4.78 is 5.36. The molecule has 0 aliphatic heterocycles. The van der Waals surface area contributed by atoms with Gasteiger partial charge < -0.3 is 15.4 Å². The molecule has 0 heterocycles. The summed E-state index contributed by atoms with van der Waals surface area (Å²) >= 11 is 0. The molecule has 104 valence electrons. The number of rotatable bonds is 4. The zero-order chi connectivity index (χ0) is 13.5. The summed E-state index contributed by atoms with van der Waals surface area (Å²) in [7, 11) is 0. The highest BCUT2D eigenvalue weighted by Crippen LogP contribution is 2.18. The number of hydrogen-bond donors (Lipinski definition) is 2. The number of nitrogens with one attached hydrogen (secondary N) is 2. The van der Waals surface area contributed by atoms with Crippen molar-refractivity contribution < 1.29 is 9.53 Å². The Labute approximate surface area is 114 Å². The van der Waals surface area contributed by atoms with Crippen LogP contribution in [-0.2, 0) is 0 Å². The topological polar surface area (TPSA) is 50.4 Å². The SMILES string of the molecule is CCOc1ccc(NC(=O)NC2CCCCC2)cc1. The van der Waals surface area contributed by atoms with Crippen molar-refractivity contribution in [3.63, 3.8) is 0 Å². The van der Waals surface area contributed by atoms with Gasteiger partial charge in [0.1, 0.15) is 5.75 Å².